The van der Waals surface area contributed by atoms with Crippen molar-refractivity contribution in [2.24, 2.45) is 5.10 Å². The van der Waals surface area contributed by atoms with Crippen molar-refractivity contribution in [3.8, 4) is 0 Å². The van der Waals surface area contributed by atoms with Gasteiger partial charge in [-0.1, -0.05) is 45.7 Å². The van der Waals surface area contributed by atoms with Crippen molar-refractivity contribution in [3.63, 3.8) is 0 Å². The Morgan fingerprint density at radius 3 is 2.81 bits per heavy atom. The van der Waals surface area contributed by atoms with E-state index in [1.54, 1.807) is 18.3 Å². The number of carbonyl (C=O) groups is 1. The molecule has 2 rings (SSSR count). The van der Waals surface area contributed by atoms with Gasteiger partial charge in [-0.05, 0) is 35.9 Å². The molecular weight excluding hydrogens is 354 g/mol. The summed E-state index contributed by atoms with van der Waals surface area (Å²) in [5.41, 5.74) is 4.14. The van der Waals surface area contributed by atoms with Gasteiger partial charge in [0.2, 0.25) is 0 Å². The lowest BCUT2D eigenvalue weighted by atomic mass is 10.2. The second-order valence-electron chi connectivity index (χ2n) is 4.21. The third-order valence-corrected chi connectivity index (χ3v) is 3.26. The van der Waals surface area contributed by atoms with Gasteiger partial charge in [0.05, 0.1) is 12.8 Å². The van der Waals surface area contributed by atoms with Crippen LogP contribution in [-0.2, 0) is 4.79 Å². The summed E-state index contributed by atoms with van der Waals surface area (Å²) in [6, 6.07) is 14.8. The van der Waals surface area contributed by atoms with Gasteiger partial charge in [-0.3, -0.25) is 4.79 Å². The van der Waals surface area contributed by atoms with Crippen molar-refractivity contribution in [2.45, 2.75) is 0 Å². The second kappa shape index (κ2) is 7.81. The van der Waals surface area contributed by atoms with Gasteiger partial charge in [-0.2, -0.15) is 5.10 Å². The summed E-state index contributed by atoms with van der Waals surface area (Å²) in [5.74, 6) is -0.235. The van der Waals surface area contributed by atoms with Crippen LogP contribution in [0.3, 0.4) is 0 Å². The molecule has 4 nitrogen and oxygen atoms in total. The standard InChI is InChI=1S/C15H13BrClN3O/c16-12-4-1-3-11(7-12)9-19-20-15(21)10-18-14-6-2-5-13(17)8-14/h1-9,18H,10H2,(H,20,21)/b19-9+. The molecule has 2 N–H and O–H groups in total. The van der Waals surface area contributed by atoms with Crippen LogP contribution in [0.1, 0.15) is 5.56 Å². The Labute approximate surface area is 136 Å². The fourth-order valence-electron chi connectivity index (χ4n) is 1.59. The Kier molecular flexibility index (Phi) is 5.78. The largest absolute Gasteiger partial charge is 0.376 e. The molecule has 1 amide bonds. The van der Waals surface area contributed by atoms with Crippen molar-refractivity contribution in [3.05, 3.63) is 63.6 Å². The van der Waals surface area contributed by atoms with Gasteiger partial charge in [0, 0.05) is 15.2 Å². The monoisotopic (exact) mass is 365 g/mol. The Balaban J connectivity index is 1.80. The van der Waals surface area contributed by atoms with Crippen LogP contribution in [0, 0.1) is 0 Å². The second-order valence-corrected chi connectivity index (χ2v) is 5.56. The van der Waals surface area contributed by atoms with E-state index in [1.807, 2.05) is 36.4 Å². The van der Waals surface area contributed by atoms with Crippen molar-refractivity contribution in [2.75, 3.05) is 11.9 Å². The van der Waals surface area contributed by atoms with Gasteiger partial charge in [-0.25, -0.2) is 5.43 Å². The van der Waals surface area contributed by atoms with E-state index >= 15 is 0 Å². The molecule has 0 aliphatic heterocycles. The molecule has 0 unspecified atom stereocenters. The zero-order valence-electron chi connectivity index (χ0n) is 11.0. The molecular formula is C15H13BrClN3O. The number of benzene rings is 2. The molecule has 0 saturated heterocycles. The topological polar surface area (TPSA) is 53.5 Å². The first-order chi connectivity index (χ1) is 10.1. The highest BCUT2D eigenvalue weighted by Gasteiger charge is 1.99. The number of halogens is 2. The zero-order chi connectivity index (χ0) is 15.1. The quantitative estimate of drug-likeness (QED) is 0.627. The van der Waals surface area contributed by atoms with Gasteiger partial charge < -0.3 is 5.32 Å². The minimum atomic E-state index is -0.235. The number of amides is 1. The first-order valence-electron chi connectivity index (χ1n) is 6.20. The summed E-state index contributed by atoms with van der Waals surface area (Å²) in [4.78, 5) is 11.6. The van der Waals surface area contributed by atoms with Crippen LogP contribution in [0.15, 0.2) is 58.1 Å². The average Bonchev–Trinajstić information content (AvgIpc) is 2.45. The number of hydrazone groups is 1. The lowest BCUT2D eigenvalue weighted by molar-refractivity contribution is -0.119. The molecule has 0 fully saturated rings. The normalized spacial score (nSPS) is 10.6. The van der Waals surface area contributed by atoms with E-state index in [1.165, 1.54) is 0 Å². The molecule has 2 aromatic rings. The first-order valence-corrected chi connectivity index (χ1v) is 7.37. The summed E-state index contributed by atoms with van der Waals surface area (Å²) < 4.78 is 0.959. The molecule has 0 radical (unpaired) electrons. The zero-order valence-corrected chi connectivity index (χ0v) is 13.4. The van der Waals surface area contributed by atoms with Crippen LogP contribution in [-0.4, -0.2) is 18.7 Å². The molecule has 0 aliphatic rings. The Morgan fingerprint density at radius 2 is 2.05 bits per heavy atom. The Hall–Kier alpha value is -1.85. The van der Waals surface area contributed by atoms with Gasteiger partial charge in [0.15, 0.2) is 0 Å². The number of hydrogen-bond donors (Lipinski definition) is 2. The number of nitrogens with zero attached hydrogens (tertiary/aromatic N) is 1. The number of hydrogen-bond acceptors (Lipinski definition) is 3. The maximum atomic E-state index is 11.6. The molecule has 0 atom stereocenters. The SMILES string of the molecule is O=C(CNc1cccc(Cl)c1)N/N=C/c1cccc(Br)c1. The van der Waals surface area contributed by atoms with E-state index in [4.69, 9.17) is 11.6 Å². The Morgan fingerprint density at radius 1 is 1.24 bits per heavy atom. The smallest absolute Gasteiger partial charge is 0.259 e. The van der Waals surface area contributed by atoms with Crippen LogP contribution in [0.5, 0.6) is 0 Å². The minimum absolute atomic E-state index is 0.121. The highest BCUT2D eigenvalue weighted by Crippen LogP contribution is 2.14. The average molecular weight is 367 g/mol. The summed E-state index contributed by atoms with van der Waals surface area (Å²) in [5, 5.41) is 7.48. The molecule has 108 valence electrons. The van der Waals surface area contributed by atoms with Gasteiger partial charge in [-0.15, -0.1) is 0 Å². The predicted molar refractivity (Wildman–Crippen MR) is 89.8 cm³/mol. The highest BCUT2D eigenvalue weighted by molar-refractivity contribution is 9.10. The van der Waals surface area contributed by atoms with Crippen molar-refractivity contribution < 1.29 is 4.79 Å². The van der Waals surface area contributed by atoms with Gasteiger partial charge >= 0.3 is 0 Å². The molecule has 0 bridgehead atoms. The van der Waals surface area contributed by atoms with E-state index in [2.05, 4.69) is 31.8 Å². The molecule has 0 aromatic heterocycles. The third-order valence-electron chi connectivity index (χ3n) is 2.53. The van der Waals surface area contributed by atoms with E-state index < -0.39 is 0 Å². The van der Waals surface area contributed by atoms with E-state index in [-0.39, 0.29) is 12.5 Å². The highest BCUT2D eigenvalue weighted by atomic mass is 79.9. The number of rotatable bonds is 5. The fraction of sp³-hybridized carbons (Fsp3) is 0.0667. The van der Waals surface area contributed by atoms with E-state index in [9.17, 15) is 4.79 Å². The van der Waals surface area contributed by atoms with Crippen LogP contribution in [0.2, 0.25) is 5.02 Å². The van der Waals surface area contributed by atoms with Crippen molar-refractivity contribution >= 4 is 45.3 Å². The summed E-state index contributed by atoms with van der Waals surface area (Å²) in [6.07, 6.45) is 1.59. The number of nitrogens with one attached hydrogen (secondary N) is 2. The van der Waals surface area contributed by atoms with Crippen LogP contribution >= 0.6 is 27.5 Å². The summed E-state index contributed by atoms with van der Waals surface area (Å²) >= 11 is 9.23. The van der Waals surface area contributed by atoms with Crippen molar-refractivity contribution in [1.82, 2.24) is 5.43 Å². The fourth-order valence-corrected chi connectivity index (χ4v) is 2.19. The molecule has 0 heterocycles. The number of carbonyl (C=O) groups excluding carboxylic acids is 1. The van der Waals surface area contributed by atoms with Gasteiger partial charge in [0.1, 0.15) is 0 Å². The summed E-state index contributed by atoms with van der Waals surface area (Å²) in [7, 11) is 0. The molecule has 0 saturated carbocycles. The Bertz CT molecular complexity index is 661. The van der Waals surface area contributed by atoms with Crippen molar-refractivity contribution in [1.29, 1.82) is 0 Å². The van der Waals surface area contributed by atoms with E-state index in [0.29, 0.717) is 5.02 Å². The molecule has 21 heavy (non-hydrogen) atoms. The van der Waals surface area contributed by atoms with Crippen LogP contribution in [0.4, 0.5) is 5.69 Å². The maximum absolute atomic E-state index is 11.6. The lowest BCUT2D eigenvalue weighted by Crippen LogP contribution is -2.25. The summed E-state index contributed by atoms with van der Waals surface area (Å²) in [6.45, 7) is 0.121. The number of anilines is 1. The first kappa shape index (κ1) is 15.5. The molecule has 2 aromatic carbocycles. The molecule has 6 heteroatoms. The van der Waals surface area contributed by atoms with Crippen LogP contribution in [0.25, 0.3) is 0 Å². The molecule has 0 spiro atoms. The van der Waals surface area contributed by atoms with E-state index in [0.717, 1.165) is 15.7 Å². The van der Waals surface area contributed by atoms with Crippen LogP contribution < -0.4 is 10.7 Å². The molecule has 0 aliphatic carbocycles. The minimum Gasteiger partial charge on any atom is -0.376 e. The lowest BCUT2D eigenvalue weighted by Gasteiger charge is -2.05. The predicted octanol–water partition coefficient (Wildman–Crippen LogP) is 3.66. The third kappa shape index (κ3) is 5.57. The van der Waals surface area contributed by atoms with Gasteiger partial charge in [0.25, 0.3) is 5.91 Å². The maximum Gasteiger partial charge on any atom is 0.259 e.